The van der Waals surface area contributed by atoms with Gasteiger partial charge in [0.05, 0.1) is 0 Å². The molecule has 0 spiro atoms. The van der Waals surface area contributed by atoms with E-state index in [9.17, 15) is 4.79 Å². The fourth-order valence-corrected chi connectivity index (χ4v) is 4.22. The van der Waals surface area contributed by atoms with Crippen molar-refractivity contribution in [3.05, 3.63) is 47.4 Å². The number of anilines is 2. The van der Waals surface area contributed by atoms with Gasteiger partial charge >= 0.3 is 0 Å². The van der Waals surface area contributed by atoms with Crippen LogP contribution in [0.2, 0.25) is 0 Å². The average Bonchev–Trinajstić information content (AvgIpc) is 2.73. The summed E-state index contributed by atoms with van der Waals surface area (Å²) < 4.78 is 0. The molecule has 0 saturated carbocycles. The molecule has 154 valence electrons. The molecule has 1 aromatic carbocycles. The van der Waals surface area contributed by atoms with Crippen LogP contribution >= 0.6 is 0 Å². The number of piperidine rings is 1. The van der Waals surface area contributed by atoms with E-state index in [4.69, 9.17) is 0 Å². The highest BCUT2D eigenvalue weighted by Gasteiger charge is 2.25. The summed E-state index contributed by atoms with van der Waals surface area (Å²) in [5.41, 5.74) is 3.02. The third kappa shape index (κ3) is 4.52. The number of aryl methyl sites for hydroxylation is 2. The van der Waals surface area contributed by atoms with Crippen LogP contribution in [-0.4, -0.2) is 60.0 Å². The maximum Gasteiger partial charge on any atom is 0.272 e. The molecular weight excluding hydrogens is 362 g/mol. The van der Waals surface area contributed by atoms with Gasteiger partial charge in [-0.3, -0.25) is 4.79 Å². The maximum atomic E-state index is 13.1. The molecule has 2 aliphatic rings. The van der Waals surface area contributed by atoms with Crippen LogP contribution in [0.4, 0.5) is 11.5 Å². The Morgan fingerprint density at radius 2 is 1.66 bits per heavy atom. The number of aromatic nitrogens is 2. The molecule has 0 N–H and O–H groups in total. The lowest BCUT2D eigenvalue weighted by Crippen LogP contribution is -2.49. The monoisotopic (exact) mass is 393 g/mol. The first-order valence-electron chi connectivity index (χ1n) is 10.7. The second-order valence-electron chi connectivity index (χ2n) is 8.45. The van der Waals surface area contributed by atoms with Crippen molar-refractivity contribution < 1.29 is 4.79 Å². The Morgan fingerprint density at radius 3 is 2.34 bits per heavy atom. The van der Waals surface area contributed by atoms with Gasteiger partial charge in [-0.15, -0.1) is 0 Å². The average molecular weight is 394 g/mol. The highest BCUT2D eigenvalue weighted by atomic mass is 16.2. The van der Waals surface area contributed by atoms with Crippen molar-refractivity contribution >= 4 is 17.4 Å². The van der Waals surface area contributed by atoms with E-state index >= 15 is 0 Å². The highest BCUT2D eigenvalue weighted by molar-refractivity contribution is 5.93. The van der Waals surface area contributed by atoms with Crippen LogP contribution < -0.4 is 9.80 Å². The fourth-order valence-electron chi connectivity index (χ4n) is 4.22. The molecule has 2 saturated heterocycles. The van der Waals surface area contributed by atoms with E-state index in [1.165, 1.54) is 24.1 Å². The molecular formula is C23H31N5O. The molecule has 3 heterocycles. The number of hydrogen-bond acceptors (Lipinski definition) is 5. The minimum absolute atomic E-state index is 0.0195. The summed E-state index contributed by atoms with van der Waals surface area (Å²) in [6.45, 7) is 11.4. The van der Waals surface area contributed by atoms with E-state index in [0.29, 0.717) is 24.6 Å². The van der Waals surface area contributed by atoms with Gasteiger partial charge in [0.15, 0.2) is 0 Å². The first-order valence-corrected chi connectivity index (χ1v) is 10.7. The van der Waals surface area contributed by atoms with E-state index in [-0.39, 0.29) is 5.91 Å². The van der Waals surface area contributed by atoms with Gasteiger partial charge in [-0.2, -0.15) is 0 Å². The number of nitrogens with zero attached hydrogens (tertiary/aromatic N) is 5. The predicted molar refractivity (Wildman–Crippen MR) is 117 cm³/mol. The van der Waals surface area contributed by atoms with Crippen molar-refractivity contribution in [2.75, 3.05) is 49.1 Å². The first kappa shape index (κ1) is 19.7. The second kappa shape index (κ2) is 8.39. The largest absolute Gasteiger partial charge is 0.368 e. The molecule has 6 nitrogen and oxygen atoms in total. The van der Waals surface area contributed by atoms with Gasteiger partial charge in [0, 0.05) is 51.0 Å². The van der Waals surface area contributed by atoms with Crippen LogP contribution in [0, 0.1) is 19.8 Å². The minimum atomic E-state index is 0.0195. The van der Waals surface area contributed by atoms with E-state index < -0.39 is 0 Å². The summed E-state index contributed by atoms with van der Waals surface area (Å²) in [7, 11) is 0. The number of carbonyl (C=O) groups is 1. The highest BCUT2D eigenvalue weighted by Crippen LogP contribution is 2.23. The Balaban J connectivity index is 1.43. The third-order valence-corrected chi connectivity index (χ3v) is 6.08. The normalized spacial score (nSPS) is 18.2. The Bertz CT molecular complexity index is 867. The molecule has 0 unspecified atom stereocenters. The van der Waals surface area contributed by atoms with Crippen LogP contribution in [0.3, 0.4) is 0 Å². The topological polar surface area (TPSA) is 52.6 Å². The van der Waals surface area contributed by atoms with Crippen LogP contribution in [0.1, 0.15) is 41.6 Å². The van der Waals surface area contributed by atoms with Gasteiger partial charge in [-0.25, -0.2) is 9.97 Å². The van der Waals surface area contributed by atoms with Gasteiger partial charge in [-0.05, 0) is 50.3 Å². The lowest BCUT2D eigenvalue weighted by Gasteiger charge is -2.36. The summed E-state index contributed by atoms with van der Waals surface area (Å²) in [5.74, 6) is 2.35. The number of piperazine rings is 1. The van der Waals surface area contributed by atoms with Crippen LogP contribution in [0.25, 0.3) is 0 Å². The Hall–Kier alpha value is -2.63. The van der Waals surface area contributed by atoms with E-state index in [2.05, 4.69) is 57.9 Å². The number of benzene rings is 1. The van der Waals surface area contributed by atoms with Gasteiger partial charge < -0.3 is 14.7 Å². The molecule has 2 aromatic rings. The van der Waals surface area contributed by atoms with Crippen molar-refractivity contribution in [1.82, 2.24) is 14.9 Å². The summed E-state index contributed by atoms with van der Waals surface area (Å²) in [6.07, 6.45) is 2.35. The van der Waals surface area contributed by atoms with Crippen LogP contribution in [0.15, 0.2) is 30.3 Å². The first-order chi connectivity index (χ1) is 14.0. The lowest BCUT2D eigenvalue weighted by molar-refractivity contribution is 0.0740. The molecule has 2 aliphatic heterocycles. The minimum Gasteiger partial charge on any atom is -0.368 e. The number of carbonyl (C=O) groups excluding carboxylic acids is 1. The summed E-state index contributed by atoms with van der Waals surface area (Å²) in [5, 5.41) is 0. The lowest BCUT2D eigenvalue weighted by atomic mass is 9.99. The summed E-state index contributed by atoms with van der Waals surface area (Å²) in [4.78, 5) is 28.8. The zero-order chi connectivity index (χ0) is 20.4. The number of amides is 1. The van der Waals surface area contributed by atoms with Gasteiger partial charge in [-0.1, -0.05) is 19.1 Å². The standard InChI is InChI=1S/C23H31N5O/c1-17-7-9-27(10-8-17)22-16-21(24-19(3)25-22)23(29)28-13-11-26(12-14-28)20-6-4-5-18(2)15-20/h4-6,15-17H,7-14H2,1-3H3. The number of hydrogen-bond donors (Lipinski definition) is 0. The van der Waals surface area contributed by atoms with E-state index in [1.54, 1.807) is 0 Å². The zero-order valence-electron chi connectivity index (χ0n) is 17.8. The van der Waals surface area contributed by atoms with E-state index in [0.717, 1.165) is 37.9 Å². The maximum absolute atomic E-state index is 13.1. The smallest absolute Gasteiger partial charge is 0.272 e. The van der Waals surface area contributed by atoms with E-state index in [1.807, 2.05) is 17.9 Å². The summed E-state index contributed by atoms with van der Waals surface area (Å²) in [6, 6.07) is 10.4. The Labute approximate surface area is 173 Å². The molecule has 0 bridgehead atoms. The Kier molecular flexibility index (Phi) is 5.69. The van der Waals surface area contributed by atoms with Gasteiger partial charge in [0.25, 0.3) is 5.91 Å². The quantitative estimate of drug-likeness (QED) is 0.801. The van der Waals surface area contributed by atoms with Gasteiger partial charge in [0.2, 0.25) is 0 Å². The molecule has 2 fully saturated rings. The van der Waals surface area contributed by atoms with Crippen LogP contribution in [-0.2, 0) is 0 Å². The van der Waals surface area contributed by atoms with Crippen molar-refractivity contribution in [3.63, 3.8) is 0 Å². The molecule has 1 aromatic heterocycles. The molecule has 1 amide bonds. The number of rotatable bonds is 3. The van der Waals surface area contributed by atoms with Crippen molar-refractivity contribution in [3.8, 4) is 0 Å². The van der Waals surface area contributed by atoms with Crippen LogP contribution in [0.5, 0.6) is 0 Å². The molecule has 0 radical (unpaired) electrons. The molecule has 0 aliphatic carbocycles. The molecule has 0 atom stereocenters. The summed E-state index contributed by atoms with van der Waals surface area (Å²) >= 11 is 0. The fraction of sp³-hybridized carbons (Fsp3) is 0.522. The van der Waals surface area contributed by atoms with Crippen molar-refractivity contribution in [1.29, 1.82) is 0 Å². The molecule has 4 rings (SSSR count). The SMILES string of the molecule is Cc1cccc(N2CCN(C(=O)c3cc(N4CCC(C)CC4)nc(C)n3)CC2)c1. The predicted octanol–water partition coefficient (Wildman–Crippen LogP) is 3.29. The van der Waals surface area contributed by atoms with Gasteiger partial charge in [0.1, 0.15) is 17.3 Å². The molecule has 6 heteroatoms. The Morgan fingerprint density at radius 1 is 0.931 bits per heavy atom. The molecule has 29 heavy (non-hydrogen) atoms. The van der Waals surface area contributed by atoms with Crippen molar-refractivity contribution in [2.24, 2.45) is 5.92 Å². The second-order valence-corrected chi connectivity index (χ2v) is 8.45. The zero-order valence-corrected chi connectivity index (χ0v) is 17.8. The third-order valence-electron chi connectivity index (χ3n) is 6.08. The van der Waals surface area contributed by atoms with Crippen molar-refractivity contribution in [2.45, 2.75) is 33.6 Å².